The number of hydrogen-bond acceptors (Lipinski definition) is 4. The fourth-order valence-electron chi connectivity index (χ4n) is 3.62. The van der Waals surface area contributed by atoms with Gasteiger partial charge in [0.05, 0.1) is 0 Å². The first-order chi connectivity index (χ1) is 14.1. The Morgan fingerprint density at radius 1 is 0.897 bits per heavy atom. The maximum atomic E-state index is 13.3. The van der Waals surface area contributed by atoms with E-state index in [0.29, 0.717) is 6.61 Å². The Labute approximate surface area is 171 Å². The zero-order valence-electron chi connectivity index (χ0n) is 17.0. The fraction of sp³-hybridized carbons (Fsp3) is 0.348. The van der Waals surface area contributed by atoms with Crippen LogP contribution in [0.5, 0.6) is 5.75 Å². The molecule has 152 valence electrons. The smallest absolute Gasteiger partial charge is 0.123 e. The number of nitrogens with zero attached hydrogens (tertiary/aromatic N) is 4. The maximum absolute atomic E-state index is 13.3. The van der Waals surface area contributed by atoms with Gasteiger partial charge < -0.3 is 9.64 Å². The molecule has 2 aromatic carbocycles. The lowest BCUT2D eigenvalue weighted by atomic mass is 10.0. The highest BCUT2D eigenvalue weighted by Gasteiger charge is 2.14. The van der Waals surface area contributed by atoms with Crippen LogP contribution in [0.3, 0.4) is 0 Å². The Hall–Kier alpha value is -2.70. The van der Waals surface area contributed by atoms with Gasteiger partial charge in [-0.1, -0.05) is 12.1 Å². The van der Waals surface area contributed by atoms with E-state index in [2.05, 4.69) is 34.1 Å². The second kappa shape index (κ2) is 8.76. The summed E-state index contributed by atoms with van der Waals surface area (Å²) in [4.78, 5) is 4.80. The second-order valence-corrected chi connectivity index (χ2v) is 7.59. The molecule has 1 aliphatic heterocycles. The molecular weight excluding hydrogens is 367 g/mol. The van der Waals surface area contributed by atoms with Gasteiger partial charge in [-0.05, 0) is 49.0 Å². The lowest BCUT2D eigenvalue weighted by molar-refractivity contribution is 0.134. The first-order valence-corrected chi connectivity index (χ1v) is 10.0. The normalized spacial score (nSPS) is 15.6. The summed E-state index contributed by atoms with van der Waals surface area (Å²) in [6.45, 7) is 6.09. The van der Waals surface area contributed by atoms with Crippen LogP contribution in [0.1, 0.15) is 0 Å². The van der Waals surface area contributed by atoms with Crippen molar-refractivity contribution in [2.45, 2.75) is 0 Å². The molecule has 1 aromatic heterocycles. The van der Waals surface area contributed by atoms with Crippen molar-refractivity contribution in [2.75, 3.05) is 46.4 Å². The molecule has 0 aliphatic carbocycles. The molecule has 0 radical (unpaired) electrons. The third kappa shape index (κ3) is 4.83. The van der Waals surface area contributed by atoms with Crippen LogP contribution in [0, 0.1) is 5.82 Å². The zero-order valence-corrected chi connectivity index (χ0v) is 17.0. The molecule has 0 N–H and O–H groups in total. The number of halogens is 1. The number of benzene rings is 2. The van der Waals surface area contributed by atoms with E-state index >= 15 is 0 Å². The van der Waals surface area contributed by atoms with Gasteiger partial charge in [-0.25, -0.2) is 4.39 Å². The van der Waals surface area contributed by atoms with Crippen LogP contribution < -0.4 is 4.74 Å². The highest BCUT2D eigenvalue weighted by Crippen LogP contribution is 2.31. The summed E-state index contributed by atoms with van der Waals surface area (Å²) in [5, 5.41) is 4.57. The van der Waals surface area contributed by atoms with Crippen LogP contribution in [0.25, 0.3) is 22.4 Å². The molecule has 0 spiro atoms. The Kier molecular flexibility index (Phi) is 5.92. The molecule has 0 unspecified atom stereocenters. The first kappa shape index (κ1) is 19.6. The molecule has 1 saturated heterocycles. The second-order valence-electron chi connectivity index (χ2n) is 7.59. The van der Waals surface area contributed by atoms with E-state index in [1.807, 2.05) is 25.4 Å². The van der Waals surface area contributed by atoms with Gasteiger partial charge in [-0.2, -0.15) is 5.10 Å². The van der Waals surface area contributed by atoms with Crippen LogP contribution >= 0.6 is 0 Å². The van der Waals surface area contributed by atoms with E-state index in [9.17, 15) is 4.39 Å². The van der Waals surface area contributed by atoms with Crippen molar-refractivity contribution < 1.29 is 9.13 Å². The molecule has 5 nitrogen and oxygen atoms in total. The number of aryl methyl sites for hydroxylation is 1. The average molecular weight is 394 g/mol. The lowest BCUT2D eigenvalue weighted by Crippen LogP contribution is -2.45. The van der Waals surface area contributed by atoms with Crippen molar-refractivity contribution in [1.82, 2.24) is 19.6 Å². The summed E-state index contributed by atoms with van der Waals surface area (Å²) in [6, 6.07) is 14.6. The number of piperazine rings is 1. The minimum atomic E-state index is -0.246. The molecule has 6 heteroatoms. The molecule has 0 amide bonds. The number of ether oxygens (including phenoxy) is 1. The van der Waals surface area contributed by atoms with Crippen LogP contribution in [0.2, 0.25) is 0 Å². The quantitative estimate of drug-likeness (QED) is 0.641. The number of hydrogen-bond donors (Lipinski definition) is 0. The largest absolute Gasteiger partial charge is 0.492 e. The van der Waals surface area contributed by atoms with Gasteiger partial charge in [0.1, 0.15) is 23.9 Å². The summed E-state index contributed by atoms with van der Waals surface area (Å²) < 4.78 is 21.0. The topological polar surface area (TPSA) is 33.5 Å². The van der Waals surface area contributed by atoms with Gasteiger partial charge in [0.25, 0.3) is 0 Å². The predicted molar refractivity (Wildman–Crippen MR) is 113 cm³/mol. The van der Waals surface area contributed by atoms with E-state index in [4.69, 9.17) is 4.74 Å². The summed E-state index contributed by atoms with van der Waals surface area (Å²) in [5.74, 6) is 0.624. The van der Waals surface area contributed by atoms with Crippen LogP contribution in [-0.2, 0) is 7.05 Å². The van der Waals surface area contributed by atoms with Gasteiger partial charge in [0.2, 0.25) is 0 Å². The summed E-state index contributed by atoms with van der Waals surface area (Å²) in [7, 11) is 4.06. The minimum Gasteiger partial charge on any atom is -0.492 e. The molecule has 3 aromatic rings. The van der Waals surface area contributed by atoms with E-state index < -0.39 is 0 Å². The number of likely N-dealkylation sites (N-methyl/N-ethyl adjacent to an activating group) is 1. The summed E-state index contributed by atoms with van der Waals surface area (Å²) in [5.41, 5.74) is 3.82. The standard InChI is InChI=1S/C23H27FN4O/c1-26-11-13-28(14-12-26)15-16-29-21-9-5-18(6-10-21)22-17-27(2)25-23(22)19-3-7-20(24)8-4-19/h3-10,17H,11-16H2,1-2H3. The number of rotatable bonds is 6. The van der Waals surface area contributed by atoms with Crippen LogP contribution in [0.15, 0.2) is 54.7 Å². The van der Waals surface area contributed by atoms with E-state index in [-0.39, 0.29) is 5.82 Å². The molecule has 0 bridgehead atoms. The van der Waals surface area contributed by atoms with Crippen LogP contribution in [-0.4, -0.2) is 66.0 Å². The van der Waals surface area contributed by atoms with E-state index in [1.54, 1.807) is 16.8 Å². The zero-order chi connectivity index (χ0) is 20.2. The van der Waals surface area contributed by atoms with Crippen molar-refractivity contribution >= 4 is 0 Å². The fourth-order valence-corrected chi connectivity index (χ4v) is 3.62. The molecule has 1 aliphatic rings. The lowest BCUT2D eigenvalue weighted by Gasteiger charge is -2.32. The SMILES string of the molecule is CN1CCN(CCOc2ccc(-c3cn(C)nc3-c3ccc(F)cc3)cc2)CC1. The summed E-state index contributed by atoms with van der Waals surface area (Å²) >= 11 is 0. The third-order valence-corrected chi connectivity index (χ3v) is 5.38. The van der Waals surface area contributed by atoms with Crippen molar-refractivity contribution in [3.8, 4) is 28.1 Å². The highest BCUT2D eigenvalue weighted by atomic mass is 19.1. The average Bonchev–Trinajstić information content (AvgIpc) is 3.12. The van der Waals surface area contributed by atoms with Gasteiger partial charge >= 0.3 is 0 Å². The van der Waals surface area contributed by atoms with Crippen molar-refractivity contribution in [2.24, 2.45) is 7.05 Å². The highest BCUT2D eigenvalue weighted by molar-refractivity contribution is 5.80. The Morgan fingerprint density at radius 2 is 1.55 bits per heavy atom. The monoisotopic (exact) mass is 394 g/mol. The van der Waals surface area contributed by atoms with E-state index in [0.717, 1.165) is 60.9 Å². The van der Waals surface area contributed by atoms with Crippen LogP contribution in [0.4, 0.5) is 4.39 Å². The third-order valence-electron chi connectivity index (χ3n) is 5.38. The minimum absolute atomic E-state index is 0.246. The maximum Gasteiger partial charge on any atom is 0.123 e. The van der Waals surface area contributed by atoms with Crippen molar-refractivity contribution in [3.63, 3.8) is 0 Å². The first-order valence-electron chi connectivity index (χ1n) is 10.0. The Balaban J connectivity index is 1.41. The van der Waals surface area contributed by atoms with Gasteiger partial charge in [-0.15, -0.1) is 0 Å². The molecule has 29 heavy (non-hydrogen) atoms. The molecule has 0 atom stereocenters. The molecule has 2 heterocycles. The Morgan fingerprint density at radius 3 is 2.24 bits per heavy atom. The Bertz CT molecular complexity index is 929. The molecule has 4 rings (SSSR count). The molecule has 1 fully saturated rings. The molecular formula is C23H27FN4O. The number of aromatic nitrogens is 2. The van der Waals surface area contributed by atoms with Crippen molar-refractivity contribution in [1.29, 1.82) is 0 Å². The summed E-state index contributed by atoms with van der Waals surface area (Å²) in [6.07, 6.45) is 1.99. The molecule has 0 saturated carbocycles. The predicted octanol–water partition coefficient (Wildman–Crippen LogP) is 3.52. The van der Waals surface area contributed by atoms with Gasteiger partial charge in [0.15, 0.2) is 0 Å². The van der Waals surface area contributed by atoms with Gasteiger partial charge in [0, 0.05) is 57.1 Å². The van der Waals surface area contributed by atoms with E-state index in [1.165, 1.54) is 12.1 Å². The van der Waals surface area contributed by atoms with Gasteiger partial charge in [-0.3, -0.25) is 9.58 Å². The van der Waals surface area contributed by atoms with Crippen molar-refractivity contribution in [3.05, 3.63) is 60.5 Å².